The van der Waals surface area contributed by atoms with E-state index in [0.29, 0.717) is 25.8 Å². The Kier molecular flexibility index (Phi) is 16.6. The van der Waals surface area contributed by atoms with E-state index in [1.807, 2.05) is 0 Å². The van der Waals surface area contributed by atoms with Crippen LogP contribution in [0.2, 0.25) is 0 Å². The monoisotopic (exact) mass is 534 g/mol. The van der Waals surface area contributed by atoms with Gasteiger partial charge in [-0.3, -0.25) is 24.2 Å². The summed E-state index contributed by atoms with van der Waals surface area (Å²) in [6.45, 7) is 0.591. The van der Waals surface area contributed by atoms with Crippen molar-refractivity contribution in [2.24, 2.45) is 27.9 Å². The number of aliphatic imine (C=N–C) groups is 1. The van der Waals surface area contributed by atoms with Crippen molar-refractivity contribution in [3.05, 3.63) is 0 Å². The molecule has 0 aliphatic rings. The van der Waals surface area contributed by atoms with Crippen LogP contribution in [0.25, 0.3) is 0 Å². The van der Waals surface area contributed by atoms with Crippen molar-refractivity contribution in [1.82, 2.24) is 16.0 Å². The standard InChI is InChI=1S/C20H38N8O7S/c21-8-2-1-4-11(22)16(31)28-14(10-36)18(33)26-12(6-7-15(29)30)17(32)27-13(19(34)35)5-3-9-25-20(23)24/h11-14,36H,1-10,21-22H2,(H,26,33)(H,27,32)(H,28,31)(H,29,30)(H,34,35)(H4,23,24,25). The third kappa shape index (κ3) is 14.3. The number of hydrogen-bond donors (Lipinski definition) is 10. The molecule has 0 heterocycles. The minimum absolute atomic E-state index is 0.0190. The van der Waals surface area contributed by atoms with Gasteiger partial charge in [0.15, 0.2) is 5.96 Å². The van der Waals surface area contributed by atoms with Crippen LogP contribution in [0.3, 0.4) is 0 Å². The van der Waals surface area contributed by atoms with Gasteiger partial charge in [0.1, 0.15) is 18.1 Å². The van der Waals surface area contributed by atoms with E-state index in [-0.39, 0.29) is 37.5 Å². The lowest BCUT2D eigenvalue weighted by Gasteiger charge is -2.24. The molecular formula is C20H38N8O7S. The fourth-order valence-electron chi connectivity index (χ4n) is 2.95. The molecule has 0 aromatic heterocycles. The van der Waals surface area contributed by atoms with Crippen LogP contribution in [-0.2, 0) is 24.0 Å². The number of carboxylic acid groups (broad SMARTS) is 2. The second kappa shape index (κ2) is 18.2. The largest absolute Gasteiger partial charge is 0.481 e. The number of guanidine groups is 1. The topological polar surface area (TPSA) is 278 Å². The van der Waals surface area contributed by atoms with Crippen molar-refractivity contribution < 1.29 is 34.2 Å². The van der Waals surface area contributed by atoms with E-state index in [9.17, 15) is 29.1 Å². The zero-order chi connectivity index (χ0) is 27.7. The first-order chi connectivity index (χ1) is 16.9. The molecule has 16 heteroatoms. The summed E-state index contributed by atoms with van der Waals surface area (Å²) in [6, 6.07) is -4.77. The molecule has 0 spiro atoms. The highest BCUT2D eigenvalue weighted by molar-refractivity contribution is 7.80. The summed E-state index contributed by atoms with van der Waals surface area (Å²) in [6.07, 6.45) is 1.08. The Morgan fingerprint density at radius 3 is 1.92 bits per heavy atom. The Bertz CT molecular complexity index is 779. The van der Waals surface area contributed by atoms with E-state index < -0.39 is 60.2 Å². The average molecular weight is 535 g/mol. The first-order valence-corrected chi connectivity index (χ1v) is 12.0. The maximum absolute atomic E-state index is 12.7. The molecular weight excluding hydrogens is 496 g/mol. The van der Waals surface area contributed by atoms with E-state index >= 15 is 0 Å². The predicted molar refractivity (Wildman–Crippen MR) is 135 cm³/mol. The normalized spacial score (nSPS) is 14.0. The highest BCUT2D eigenvalue weighted by Crippen LogP contribution is 2.05. The van der Waals surface area contributed by atoms with E-state index in [0.717, 1.165) is 0 Å². The Balaban J connectivity index is 5.26. The van der Waals surface area contributed by atoms with Gasteiger partial charge in [0, 0.05) is 18.7 Å². The smallest absolute Gasteiger partial charge is 0.326 e. The molecule has 15 nitrogen and oxygen atoms in total. The average Bonchev–Trinajstić information content (AvgIpc) is 2.81. The number of hydrogen-bond acceptors (Lipinski definition) is 9. The molecule has 13 N–H and O–H groups in total. The summed E-state index contributed by atoms with van der Waals surface area (Å²) < 4.78 is 0. The Morgan fingerprint density at radius 2 is 1.39 bits per heavy atom. The van der Waals surface area contributed by atoms with Gasteiger partial charge in [-0.2, -0.15) is 12.6 Å². The number of carboxylic acids is 2. The molecule has 0 aromatic carbocycles. The highest BCUT2D eigenvalue weighted by Gasteiger charge is 2.30. The number of amides is 3. The van der Waals surface area contributed by atoms with Gasteiger partial charge in [0.2, 0.25) is 17.7 Å². The molecule has 0 radical (unpaired) electrons. The number of nitrogens with one attached hydrogen (secondary N) is 3. The molecule has 0 bridgehead atoms. The molecule has 36 heavy (non-hydrogen) atoms. The fourth-order valence-corrected chi connectivity index (χ4v) is 3.21. The van der Waals surface area contributed by atoms with Crippen LogP contribution in [-0.4, -0.2) is 88.8 Å². The number of nitrogens with two attached hydrogens (primary N) is 4. The van der Waals surface area contributed by atoms with Crippen LogP contribution >= 0.6 is 12.6 Å². The molecule has 3 amide bonds. The van der Waals surface area contributed by atoms with Gasteiger partial charge in [-0.1, -0.05) is 6.42 Å². The molecule has 0 aliphatic carbocycles. The van der Waals surface area contributed by atoms with E-state index in [1.54, 1.807) is 0 Å². The van der Waals surface area contributed by atoms with Crippen LogP contribution in [0.15, 0.2) is 4.99 Å². The number of carbonyl (C=O) groups excluding carboxylic acids is 3. The summed E-state index contributed by atoms with van der Waals surface area (Å²) in [5.41, 5.74) is 21.7. The molecule has 206 valence electrons. The molecule has 0 aromatic rings. The third-order valence-electron chi connectivity index (χ3n) is 4.96. The van der Waals surface area contributed by atoms with E-state index in [4.69, 9.17) is 28.0 Å². The van der Waals surface area contributed by atoms with Crippen LogP contribution in [0.4, 0.5) is 0 Å². The van der Waals surface area contributed by atoms with Crippen molar-refractivity contribution in [2.75, 3.05) is 18.8 Å². The molecule has 0 rings (SSSR count). The number of thiol groups is 1. The molecule has 4 unspecified atom stereocenters. The summed E-state index contributed by atoms with van der Waals surface area (Å²) >= 11 is 4.05. The molecule has 0 saturated carbocycles. The van der Waals surface area contributed by atoms with Crippen LogP contribution < -0.4 is 38.9 Å². The number of aliphatic carboxylic acids is 2. The van der Waals surface area contributed by atoms with Gasteiger partial charge in [-0.25, -0.2) is 4.79 Å². The predicted octanol–water partition coefficient (Wildman–Crippen LogP) is -3.17. The SMILES string of the molecule is NCCCCC(N)C(=O)NC(CS)C(=O)NC(CCC(=O)O)C(=O)NC(CCCN=C(N)N)C(=O)O. The summed E-state index contributed by atoms with van der Waals surface area (Å²) in [5, 5.41) is 25.5. The van der Waals surface area contributed by atoms with Gasteiger partial charge in [0.05, 0.1) is 6.04 Å². The Hall–Kier alpha value is -3.11. The molecule has 0 aliphatic heterocycles. The molecule has 4 atom stereocenters. The van der Waals surface area contributed by atoms with E-state index in [2.05, 4.69) is 33.6 Å². The summed E-state index contributed by atoms with van der Waals surface area (Å²) in [4.78, 5) is 64.1. The zero-order valence-electron chi connectivity index (χ0n) is 20.0. The quantitative estimate of drug-likeness (QED) is 0.0341. The second-order valence-corrected chi connectivity index (χ2v) is 8.34. The van der Waals surface area contributed by atoms with Gasteiger partial charge < -0.3 is 49.1 Å². The first-order valence-electron chi connectivity index (χ1n) is 11.4. The highest BCUT2D eigenvalue weighted by atomic mass is 32.1. The van der Waals surface area contributed by atoms with Gasteiger partial charge >= 0.3 is 11.9 Å². The third-order valence-corrected chi connectivity index (χ3v) is 5.33. The number of carbonyl (C=O) groups is 5. The minimum atomic E-state index is -1.38. The lowest BCUT2D eigenvalue weighted by atomic mass is 10.1. The fraction of sp³-hybridized carbons (Fsp3) is 0.700. The van der Waals surface area contributed by atoms with Gasteiger partial charge in [0.25, 0.3) is 0 Å². The van der Waals surface area contributed by atoms with Crippen LogP contribution in [0, 0.1) is 0 Å². The first kappa shape index (κ1) is 32.9. The number of unbranched alkanes of at least 4 members (excludes halogenated alkanes) is 1. The Morgan fingerprint density at radius 1 is 0.806 bits per heavy atom. The summed E-state index contributed by atoms with van der Waals surface area (Å²) in [5.74, 6) is -5.16. The maximum Gasteiger partial charge on any atom is 0.326 e. The number of nitrogens with zero attached hydrogens (tertiary/aromatic N) is 1. The second-order valence-electron chi connectivity index (χ2n) is 7.98. The number of rotatable bonds is 19. The lowest BCUT2D eigenvalue weighted by Crippen LogP contribution is -2.57. The van der Waals surface area contributed by atoms with Crippen molar-refractivity contribution in [1.29, 1.82) is 0 Å². The lowest BCUT2D eigenvalue weighted by molar-refractivity contribution is -0.143. The summed E-state index contributed by atoms with van der Waals surface area (Å²) in [7, 11) is 0. The maximum atomic E-state index is 12.7. The van der Waals surface area contributed by atoms with Crippen molar-refractivity contribution in [2.45, 2.75) is 69.1 Å². The van der Waals surface area contributed by atoms with Crippen molar-refractivity contribution >= 4 is 48.2 Å². The molecule has 0 fully saturated rings. The van der Waals surface area contributed by atoms with E-state index in [1.165, 1.54) is 0 Å². The molecule has 0 saturated heterocycles. The minimum Gasteiger partial charge on any atom is -0.481 e. The Labute approximate surface area is 214 Å². The van der Waals surface area contributed by atoms with Crippen molar-refractivity contribution in [3.8, 4) is 0 Å². The van der Waals surface area contributed by atoms with Gasteiger partial charge in [-0.15, -0.1) is 0 Å². The van der Waals surface area contributed by atoms with Gasteiger partial charge in [-0.05, 0) is 38.6 Å². The zero-order valence-corrected chi connectivity index (χ0v) is 20.9. The van der Waals surface area contributed by atoms with Crippen LogP contribution in [0.5, 0.6) is 0 Å². The van der Waals surface area contributed by atoms with Crippen LogP contribution in [0.1, 0.15) is 44.9 Å². The van der Waals surface area contributed by atoms with Crippen molar-refractivity contribution in [3.63, 3.8) is 0 Å².